The lowest BCUT2D eigenvalue weighted by atomic mass is 10.1. The molecular weight excluding hydrogens is 240 g/mol. The summed E-state index contributed by atoms with van der Waals surface area (Å²) in [4.78, 5) is 18.0. The van der Waals surface area contributed by atoms with Crippen LogP contribution in [0.3, 0.4) is 0 Å². The second kappa shape index (κ2) is 8.86. The molecule has 1 rings (SSSR count). The van der Waals surface area contributed by atoms with Crippen molar-refractivity contribution < 1.29 is 30.0 Å². The average molecular weight is 258 g/mol. The Kier molecular flexibility index (Phi) is 8.93. The van der Waals surface area contributed by atoms with Crippen molar-refractivity contribution in [1.82, 2.24) is 0 Å². The molecular formula is C12H18O6. The fraction of sp³-hybridized carbons (Fsp3) is 0.333. The van der Waals surface area contributed by atoms with Gasteiger partial charge in [-0.3, -0.25) is 9.59 Å². The van der Waals surface area contributed by atoms with Crippen LogP contribution in [0.4, 0.5) is 0 Å². The topological polar surface area (TPSA) is 115 Å². The third-order valence-electron chi connectivity index (χ3n) is 1.50. The predicted molar refractivity (Wildman–Crippen MR) is 65.9 cm³/mol. The monoisotopic (exact) mass is 258 g/mol. The minimum atomic E-state index is -0.833. The number of rotatable bonds is 0. The highest BCUT2D eigenvalue weighted by Crippen LogP contribution is 2.26. The summed E-state index contributed by atoms with van der Waals surface area (Å²) in [5, 5.41) is 33.1. The van der Waals surface area contributed by atoms with Crippen LogP contribution in [-0.2, 0) is 9.59 Å². The summed E-state index contributed by atoms with van der Waals surface area (Å²) in [6.45, 7) is 5.66. The van der Waals surface area contributed by atoms with Crippen LogP contribution in [0.1, 0.15) is 25.0 Å². The van der Waals surface area contributed by atoms with Crippen LogP contribution in [0, 0.1) is 13.8 Å². The lowest BCUT2D eigenvalue weighted by Crippen LogP contribution is -1.78. The molecule has 0 aliphatic rings. The zero-order chi connectivity index (χ0) is 14.9. The summed E-state index contributed by atoms with van der Waals surface area (Å²) < 4.78 is 0. The van der Waals surface area contributed by atoms with Crippen LogP contribution in [0.5, 0.6) is 11.5 Å². The van der Waals surface area contributed by atoms with Crippen molar-refractivity contribution in [2.75, 3.05) is 0 Å². The van der Waals surface area contributed by atoms with Crippen LogP contribution in [0.15, 0.2) is 12.1 Å². The van der Waals surface area contributed by atoms with Crippen molar-refractivity contribution in [2.45, 2.75) is 27.7 Å². The Bertz CT molecular complexity index is 368. The number of hydrogen-bond acceptors (Lipinski definition) is 4. The molecule has 0 radical (unpaired) electrons. The lowest BCUT2D eigenvalue weighted by Gasteiger charge is -2.01. The zero-order valence-corrected chi connectivity index (χ0v) is 10.8. The van der Waals surface area contributed by atoms with Gasteiger partial charge in [0, 0.05) is 19.4 Å². The zero-order valence-electron chi connectivity index (χ0n) is 10.8. The minimum absolute atomic E-state index is 0.150. The number of benzene rings is 1. The van der Waals surface area contributed by atoms with E-state index in [1.54, 1.807) is 19.1 Å². The van der Waals surface area contributed by atoms with E-state index in [1.165, 1.54) is 0 Å². The molecule has 0 unspecified atom stereocenters. The van der Waals surface area contributed by atoms with Crippen LogP contribution >= 0.6 is 0 Å². The van der Waals surface area contributed by atoms with Gasteiger partial charge in [-0.2, -0.15) is 0 Å². The first kappa shape index (κ1) is 18.1. The quantitative estimate of drug-likeness (QED) is 0.565. The molecule has 1 aromatic carbocycles. The summed E-state index contributed by atoms with van der Waals surface area (Å²) in [7, 11) is 0. The van der Waals surface area contributed by atoms with Gasteiger partial charge in [0.05, 0.1) is 0 Å². The van der Waals surface area contributed by atoms with Crippen molar-refractivity contribution >= 4 is 11.9 Å². The van der Waals surface area contributed by atoms with Crippen molar-refractivity contribution in [3.63, 3.8) is 0 Å². The molecule has 0 spiro atoms. The molecule has 102 valence electrons. The van der Waals surface area contributed by atoms with E-state index < -0.39 is 11.9 Å². The molecule has 0 atom stereocenters. The number of aliphatic carboxylic acids is 2. The third kappa shape index (κ3) is 11.8. The van der Waals surface area contributed by atoms with Crippen LogP contribution in [0.25, 0.3) is 0 Å². The van der Waals surface area contributed by atoms with Gasteiger partial charge < -0.3 is 20.4 Å². The Morgan fingerprint density at radius 2 is 1.11 bits per heavy atom. The molecule has 4 N–H and O–H groups in total. The van der Waals surface area contributed by atoms with Gasteiger partial charge in [-0.05, 0) is 31.5 Å². The van der Waals surface area contributed by atoms with Crippen LogP contribution in [-0.4, -0.2) is 32.4 Å². The molecule has 0 aliphatic heterocycles. The molecule has 0 aromatic heterocycles. The van der Waals surface area contributed by atoms with E-state index >= 15 is 0 Å². The van der Waals surface area contributed by atoms with E-state index in [0.29, 0.717) is 5.56 Å². The summed E-state index contributed by atoms with van der Waals surface area (Å²) in [5.41, 5.74) is 1.39. The number of phenols is 2. The van der Waals surface area contributed by atoms with Gasteiger partial charge >= 0.3 is 0 Å². The third-order valence-corrected chi connectivity index (χ3v) is 1.50. The predicted octanol–water partition coefficient (Wildman–Crippen LogP) is 1.90. The first-order valence-corrected chi connectivity index (χ1v) is 4.96. The van der Waals surface area contributed by atoms with Crippen molar-refractivity contribution in [2.24, 2.45) is 0 Å². The van der Waals surface area contributed by atoms with Gasteiger partial charge in [0.2, 0.25) is 0 Å². The smallest absolute Gasteiger partial charge is 0.300 e. The van der Waals surface area contributed by atoms with E-state index in [-0.39, 0.29) is 11.5 Å². The van der Waals surface area contributed by atoms with Gasteiger partial charge in [-0.15, -0.1) is 0 Å². The van der Waals surface area contributed by atoms with E-state index in [1.807, 2.05) is 6.92 Å². The van der Waals surface area contributed by atoms with E-state index in [9.17, 15) is 0 Å². The normalized spacial score (nSPS) is 8.22. The van der Waals surface area contributed by atoms with Crippen molar-refractivity contribution in [3.8, 4) is 11.5 Å². The highest BCUT2D eigenvalue weighted by Gasteiger charge is 2.01. The summed E-state index contributed by atoms with van der Waals surface area (Å²) in [6.07, 6.45) is 0. The van der Waals surface area contributed by atoms with Crippen LogP contribution in [0.2, 0.25) is 0 Å². The first-order chi connectivity index (χ1) is 8.07. The fourth-order valence-electron chi connectivity index (χ4n) is 0.821. The van der Waals surface area contributed by atoms with Gasteiger partial charge in [-0.25, -0.2) is 0 Å². The van der Waals surface area contributed by atoms with Crippen molar-refractivity contribution in [1.29, 1.82) is 0 Å². The van der Waals surface area contributed by atoms with E-state index in [0.717, 1.165) is 19.4 Å². The number of aryl methyl sites for hydroxylation is 1. The number of phenolic OH excluding ortho intramolecular Hbond substituents is 2. The molecule has 0 amide bonds. The molecule has 6 heteroatoms. The number of hydrogen-bond donors (Lipinski definition) is 4. The maximum atomic E-state index is 9.12. The largest absolute Gasteiger partial charge is 0.508 e. The van der Waals surface area contributed by atoms with Gasteiger partial charge in [0.1, 0.15) is 11.5 Å². The molecule has 1 aromatic rings. The second-order valence-corrected chi connectivity index (χ2v) is 3.47. The van der Waals surface area contributed by atoms with Crippen LogP contribution < -0.4 is 0 Å². The first-order valence-electron chi connectivity index (χ1n) is 4.96. The Hall–Kier alpha value is -2.24. The van der Waals surface area contributed by atoms with Crippen molar-refractivity contribution in [3.05, 3.63) is 23.3 Å². The Morgan fingerprint density at radius 1 is 0.889 bits per heavy atom. The molecule has 0 bridgehead atoms. The SMILES string of the molecule is CC(=O)O.CC(=O)O.Cc1cc(O)c(C)c(O)c1. The summed E-state index contributed by atoms with van der Waals surface area (Å²) >= 11 is 0. The minimum Gasteiger partial charge on any atom is -0.508 e. The number of carbonyl (C=O) groups is 2. The highest BCUT2D eigenvalue weighted by molar-refractivity contribution is 5.63. The Labute approximate surface area is 105 Å². The Morgan fingerprint density at radius 3 is 1.33 bits per heavy atom. The molecule has 18 heavy (non-hydrogen) atoms. The molecule has 0 aliphatic carbocycles. The second-order valence-electron chi connectivity index (χ2n) is 3.47. The fourth-order valence-corrected chi connectivity index (χ4v) is 0.821. The maximum absolute atomic E-state index is 9.12. The molecule has 0 saturated carbocycles. The van der Waals surface area contributed by atoms with Gasteiger partial charge in [0.25, 0.3) is 11.9 Å². The van der Waals surface area contributed by atoms with E-state index in [4.69, 9.17) is 30.0 Å². The van der Waals surface area contributed by atoms with E-state index in [2.05, 4.69) is 0 Å². The summed E-state index contributed by atoms with van der Waals surface area (Å²) in [6, 6.07) is 3.24. The van der Waals surface area contributed by atoms with Gasteiger partial charge in [0.15, 0.2) is 0 Å². The number of carboxylic acid groups (broad SMARTS) is 2. The Balaban J connectivity index is 0. The molecule has 6 nitrogen and oxygen atoms in total. The number of carboxylic acids is 2. The standard InChI is InChI=1S/C8H10O2.2C2H4O2/c1-5-3-7(9)6(2)8(10)4-5;2*1-2(3)4/h3-4,9-10H,1-2H3;2*1H3,(H,3,4). The lowest BCUT2D eigenvalue weighted by molar-refractivity contribution is -0.135. The number of aromatic hydroxyl groups is 2. The van der Waals surface area contributed by atoms with Gasteiger partial charge in [-0.1, -0.05) is 0 Å². The highest BCUT2D eigenvalue weighted by atomic mass is 16.4. The maximum Gasteiger partial charge on any atom is 0.300 e. The molecule has 0 saturated heterocycles. The molecule has 0 heterocycles. The average Bonchev–Trinajstić information content (AvgIpc) is 2.11. The summed E-state index contributed by atoms with van der Waals surface area (Å²) in [5.74, 6) is -1.37. The molecule has 0 fully saturated rings.